The normalized spacial score (nSPS) is 12.3. The van der Waals surface area contributed by atoms with Gasteiger partial charge < -0.3 is 9.15 Å². The Morgan fingerprint density at radius 2 is 1.67 bits per heavy atom. The molecule has 0 N–H and O–H groups in total. The third-order valence-corrected chi connectivity index (χ3v) is 3.94. The van der Waals surface area contributed by atoms with Crippen LogP contribution in [0.3, 0.4) is 0 Å². The lowest BCUT2D eigenvalue weighted by atomic mass is 10.2. The zero-order valence-corrected chi connectivity index (χ0v) is 13.9. The summed E-state index contributed by atoms with van der Waals surface area (Å²) in [5.41, 5.74) is 0.929. The number of hydrogen-bond acceptors (Lipinski definition) is 5. The molecule has 1 heterocycles. The topological polar surface area (TPSA) is 51.4 Å². The van der Waals surface area contributed by atoms with Gasteiger partial charge in [0.25, 0.3) is 0 Å². The summed E-state index contributed by atoms with van der Waals surface area (Å²) in [7, 11) is 2.02. The fourth-order valence-electron chi connectivity index (χ4n) is 2.31. The van der Waals surface area contributed by atoms with Crippen molar-refractivity contribution < 1.29 is 9.15 Å². The van der Waals surface area contributed by atoms with Crippen LogP contribution in [0.1, 0.15) is 18.9 Å². The lowest BCUT2D eigenvalue weighted by molar-refractivity contribution is 0.182. The van der Waals surface area contributed by atoms with E-state index in [0.29, 0.717) is 18.4 Å². The highest BCUT2D eigenvalue weighted by Crippen LogP contribution is 2.22. The van der Waals surface area contributed by atoms with Crippen LogP contribution in [0.15, 0.2) is 65.1 Å². The van der Waals surface area contributed by atoms with E-state index in [2.05, 4.69) is 15.1 Å². The molecule has 24 heavy (non-hydrogen) atoms. The van der Waals surface area contributed by atoms with Crippen LogP contribution >= 0.6 is 0 Å². The average Bonchev–Trinajstić information content (AvgIpc) is 3.13. The molecule has 0 spiro atoms. The van der Waals surface area contributed by atoms with Gasteiger partial charge in [0.1, 0.15) is 12.4 Å². The van der Waals surface area contributed by atoms with Crippen LogP contribution in [0, 0.1) is 0 Å². The first-order chi connectivity index (χ1) is 11.7. The summed E-state index contributed by atoms with van der Waals surface area (Å²) in [4.78, 5) is 2.13. The van der Waals surface area contributed by atoms with Gasteiger partial charge in [-0.15, -0.1) is 10.2 Å². The van der Waals surface area contributed by atoms with Crippen molar-refractivity contribution in [3.8, 4) is 17.2 Å². The number of likely N-dealkylation sites (N-methyl/N-ethyl adjacent to an activating group) is 1. The number of ether oxygens (including phenoxy) is 1. The minimum absolute atomic E-state index is 0.0225. The molecule has 0 radical (unpaired) electrons. The van der Waals surface area contributed by atoms with E-state index in [4.69, 9.17) is 9.15 Å². The number of hydrogen-bond donors (Lipinski definition) is 0. The maximum Gasteiger partial charge on any atom is 0.247 e. The molecule has 3 aromatic rings. The number of nitrogens with zero attached hydrogens (tertiary/aromatic N) is 3. The van der Waals surface area contributed by atoms with E-state index in [1.165, 1.54) is 0 Å². The molecule has 0 saturated carbocycles. The number of rotatable bonds is 7. The zero-order valence-electron chi connectivity index (χ0n) is 13.9. The molecule has 0 amide bonds. The molecule has 3 rings (SSSR count). The molecule has 1 aromatic heterocycles. The van der Waals surface area contributed by atoms with E-state index in [0.717, 1.165) is 17.9 Å². The summed E-state index contributed by atoms with van der Waals surface area (Å²) in [6.07, 6.45) is 0. The van der Waals surface area contributed by atoms with E-state index in [1.54, 1.807) is 0 Å². The molecule has 0 saturated heterocycles. The van der Waals surface area contributed by atoms with Crippen LogP contribution in [0.4, 0.5) is 0 Å². The third-order valence-electron chi connectivity index (χ3n) is 3.94. The molecule has 5 nitrogen and oxygen atoms in total. The van der Waals surface area contributed by atoms with E-state index < -0.39 is 0 Å². The maximum absolute atomic E-state index is 5.81. The van der Waals surface area contributed by atoms with Gasteiger partial charge in [0.15, 0.2) is 0 Å². The van der Waals surface area contributed by atoms with Crippen molar-refractivity contribution in [2.24, 2.45) is 0 Å². The fourth-order valence-corrected chi connectivity index (χ4v) is 2.31. The first kappa shape index (κ1) is 16.2. The standard InChI is InChI=1S/C19H21N3O2/c1-15(22(2)13-14-23-17-11-7-4-8-12-17)18-20-21-19(24-18)16-9-5-3-6-10-16/h3-12,15H,13-14H2,1-2H3. The molecule has 0 bridgehead atoms. The summed E-state index contributed by atoms with van der Waals surface area (Å²) in [5.74, 6) is 2.03. The van der Waals surface area contributed by atoms with Gasteiger partial charge in [-0.25, -0.2) is 0 Å². The number of aromatic nitrogens is 2. The Bertz CT molecular complexity index is 744. The predicted molar refractivity (Wildman–Crippen MR) is 92.7 cm³/mol. The van der Waals surface area contributed by atoms with Crippen LogP contribution in [-0.2, 0) is 0 Å². The van der Waals surface area contributed by atoms with Crippen molar-refractivity contribution in [1.29, 1.82) is 0 Å². The van der Waals surface area contributed by atoms with E-state index in [9.17, 15) is 0 Å². The Hall–Kier alpha value is -2.66. The van der Waals surface area contributed by atoms with E-state index in [-0.39, 0.29) is 6.04 Å². The Kier molecular flexibility index (Phi) is 5.23. The molecule has 1 unspecified atom stereocenters. The lowest BCUT2D eigenvalue weighted by Crippen LogP contribution is -2.27. The predicted octanol–water partition coefficient (Wildman–Crippen LogP) is 3.81. The van der Waals surface area contributed by atoms with E-state index >= 15 is 0 Å². The minimum Gasteiger partial charge on any atom is -0.492 e. The number of benzene rings is 2. The summed E-state index contributed by atoms with van der Waals surface area (Å²) in [6, 6.07) is 19.6. The van der Waals surface area contributed by atoms with Gasteiger partial charge in [-0.1, -0.05) is 36.4 Å². The van der Waals surface area contributed by atoms with Crippen LogP contribution in [0.5, 0.6) is 5.75 Å². The van der Waals surface area contributed by atoms with Gasteiger partial charge in [-0.05, 0) is 38.2 Å². The van der Waals surface area contributed by atoms with Crippen molar-refractivity contribution in [3.05, 3.63) is 66.6 Å². The van der Waals surface area contributed by atoms with Crippen molar-refractivity contribution >= 4 is 0 Å². The smallest absolute Gasteiger partial charge is 0.247 e. The van der Waals surface area contributed by atoms with Gasteiger partial charge in [-0.3, -0.25) is 4.90 Å². The molecule has 1 atom stereocenters. The lowest BCUT2D eigenvalue weighted by Gasteiger charge is -2.21. The van der Waals surface area contributed by atoms with Gasteiger partial charge in [0, 0.05) is 12.1 Å². The second kappa shape index (κ2) is 7.75. The molecular weight excluding hydrogens is 302 g/mol. The van der Waals surface area contributed by atoms with E-state index in [1.807, 2.05) is 74.6 Å². The third kappa shape index (κ3) is 4.00. The Morgan fingerprint density at radius 3 is 2.38 bits per heavy atom. The molecular formula is C19H21N3O2. The molecule has 5 heteroatoms. The molecule has 0 aliphatic rings. The summed E-state index contributed by atoms with van der Waals surface area (Å²) < 4.78 is 11.5. The second-order valence-electron chi connectivity index (χ2n) is 5.63. The minimum atomic E-state index is 0.0225. The average molecular weight is 323 g/mol. The van der Waals surface area contributed by atoms with Gasteiger partial charge in [0.2, 0.25) is 11.8 Å². The molecule has 0 aliphatic heterocycles. The second-order valence-corrected chi connectivity index (χ2v) is 5.63. The summed E-state index contributed by atoms with van der Waals surface area (Å²) in [5, 5.41) is 8.32. The number of para-hydroxylation sites is 1. The summed E-state index contributed by atoms with van der Waals surface area (Å²) >= 11 is 0. The Balaban J connectivity index is 1.56. The molecule has 0 fully saturated rings. The molecule has 124 valence electrons. The van der Waals surface area contributed by atoms with Crippen LogP contribution in [-0.4, -0.2) is 35.3 Å². The first-order valence-corrected chi connectivity index (χ1v) is 8.01. The van der Waals surface area contributed by atoms with Crippen molar-refractivity contribution in [2.45, 2.75) is 13.0 Å². The van der Waals surface area contributed by atoms with Gasteiger partial charge >= 0.3 is 0 Å². The highest BCUT2D eigenvalue weighted by Gasteiger charge is 2.19. The van der Waals surface area contributed by atoms with Crippen molar-refractivity contribution in [1.82, 2.24) is 15.1 Å². The van der Waals surface area contributed by atoms with Crippen molar-refractivity contribution in [2.75, 3.05) is 20.2 Å². The summed E-state index contributed by atoms with van der Waals surface area (Å²) in [6.45, 7) is 3.41. The van der Waals surface area contributed by atoms with Crippen LogP contribution in [0.2, 0.25) is 0 Å². The van der Waals surface area contributed by atoms with Gasteiger partial charge in [-0.2, -0.15) is 0 Å². The SMILES string of the molecule is CC(c1nnc(-c2ccccc2)o1)N(C)CCOc1ccccc1. The highest BCUT2D eigenvalue weighted by molar-refractivity contribution is 5.51. The first-order valence-electron chi connectivity index (χ1n) is 8.01. The van der Waals surface area contributed by atoms with Crippen LogP contribution in [0.25, 0.3) is 11.5 Å². The maximum atomic E-state index is 5.81. The highest BCUT2D eigenvalue weighted by atomic mass is 16.5. The Morgan fingerprint density at radius 1 is 1.00 bits per heavy atom. The zero-order chi connectivity index (χ0) is 16.8. The van der Waals surface area contributed by atoms with Gasteiger partial charge in [0.05, 0.1) is 6.04 Å². The van der Waals surface area contributed by atoms with Crippen LogP contribution < -0.4 is 4.74 Å². The largest absolute Gasteiger partial charge is 0.492 e. The fraction of sp³-hybridized carbons (Fsp3) is 0.263. The van der Waals surface area contributed by atoms with Crippen molar-refractivity contribution in [3.63, 3.8) is 0 Å². The quantitative estimate of drug-likeness (QED) is 0.662. The Labute approximate surface area is 141 Å². The monoisotopic (exact) mass is 323 g/mol. The molecule has 2 aromatic carbocycles. The molecule has 0 aliphatic carbocycles.